The molecule has 0 saturated heterocycles. The molecule has 0 spiro atoms. The van der Waals surface area contributed by atoms with Gasteiger partial charge in [-0.25, -0.2) is 8.42 Å². The van der Waals surface area contributed by atoms with Crippen molar-refractivity contribution < 1.29 is 13.2 Å². The average Bonchev–Trinajstić information content (AvgIpc) is 3.30. The number of sulfone groups is 1. The van der Waals surface area contributed by atoms with E-state index in [0.717, 1.165) is 17.5 Å². The predicted molar refractivity (Wildman–Crippen MR) is 134 cm³/mol. The molecule has 4 rings (SSSR count). The normalized spacial score (nSPS) is 11.4. The number of benzene rings is 3. The van der Waals surface area contributed by atoms with E-state index in [1.54, 1.807) is 42.6 Å². The van der Waals surface area contributed by atoms with Crippen LogP contribution >= 0.6 is 34.8 Å². The largest absolute Gasteiger partial charge is 0.361 e. The van der Waals surface area contributed by atoms with Crippen molar-refractivity contribution in [2.24, 2.45) is 0 Å². The molecule has 0 radical (unpaired) electrons. The van der Waals surface area contributed by atoms with E-state index in [4.69, 9.17) is 34.8 Å². The van der Waals surface area contributed by atoms with Gasteiger partial charge in [-0.15, -0.1) is 0 Å². The van der Waals surface area contributed by atoms with E-state index < -0.39 is 15.7 Å². The number of aromatic nitrogens is 1. The minimum atomic E-state index is -3.50. The highest BCUT2D eigenvalue weighted by Gasteiger charge is 2.18. The lowest BCUT2D eigenvalue weighted by molar-refractivity contribution is 0.102. The second-order valence-electron chi connectivity index (χ2n) is 7.34. The van der Waals surface area contributed by atoms with E-state index in [9.17, 15) is 13.2 Å². The highest BCUT2D eigenvalue weighted by molar-refractivity contribution is 7.90. The molecule has 5 nitrogen and oxygen atoms in total. The van der Waals surface area contributed by atoms with Crippen LogP contribution in [0.15, 0.2) is 77.8 Å². The Balaban J connectivity index is 1.76. The number of halogens is 3. The molecule has 0 atom stereocenters. The minimum absolute atomic E-state index is 0.0839. The van der Waals surface area contributed by atoms with Crippen molar-refractivity contribution >= 4 is 56.2 Å². The number of hydrogen-bond acceptors (Lipinski definition) is 3. The van der Waals surface area contributed by atoms with E-state index >= 15 is 0 Å². The van der Waals surface area contributed by atoms with Crippen LogP contribution in [0.4, 0.5) is 5.69 Å². The van der Waals surface area contributed by atoms with Crippen LogP contribution in [0.2, 0.25) is 15.1 Å². The summed E-state index contributed by atoms with van der Waals surface area (Å²) in [6.07, 6.45) is 2.89. The van der Waals surface area contributed by atoms with Crippen LogP contribution in [-0.4, -0.2) is 25.6 Å². The third-order valence-corrected chi connectivity index (χ3v) is 7.19. The van der Waals surface area contributed by atoms with Gasteiger partial charge >= 0.3 is 0 Å². The van der Waals surface area contributed by atoms with Gasteiger partial charge in [-0.2, -0.15) is 0 Å². The average molecular weight is 520 g/mol. The van der Waals surface area contributed by atoms with E-state index in [1.807, 2.05) is 12.1 Å². The molecular formula is C24H17Cl3N2O3S. The zero-order valence-corrected chi connectivity index (χ0v) is 20.3. The molecule has 0 bridgehead atoms. The Morgan fingerprint density at radius 1 is 0.848 bits per heavy atom. The van der Waals surface area contributed by atoms with Crippen LogP contribution < -0.4 is 5.32 Å². The van der Waals surface area contributed by atoms with Crippen molar-refractivity contribution in [1.29, 1.82) is 0 Å². The van der Waals surface area contributed by atoms with Crippen molar-refractivity contribution in [2.75, 3.05) is 11.6 Å². The van der Waals surface area contributed by atoms with Gasteiger partial charge < -0.3 is 10.3 Å². The molecule has 0 aliphatic rings. The summed E-state index contributed by atoms with van der Waals surface area (Å²) in [6.45, 7) is 0. The fourth-order valence-corrected chi connectivity index (χ4v) is 4.52. The van der Waals surface area contributed by atoms with Gasteiger partial charge in [-0.05, 0) is 71.8 Å². The van der Waals surface area contributed by atoms with E-state index in [0.29, 0.717) is 31.9 Å². The summed E-state index contributed by atoms with van der Waals surface area (Å²) in [5.41, 5.74) is 3.32. The zero-order chi connectivity index (χ0) is 23.8. The molecule has 0 fully saturated rings. The molecule has 33 heavy (non-hydrogen) atoms. The van der Waals surface area contributed by atoms with Crippen molar-refractivity contribution in [3.63, 3.8) is 0 Å². The maximum absolute atomic E-state index is 13.2. The predicted octanol–water partition coefficient (Wildman–Crippen LogP) is 6.96. The maximum Gasteiger partial charge on any atom is 0.256 e. The Kier molecular flexibility index (Phi) is 6.54. The second-order valence-corrected chi connectivity index (χ2v) is 10.6. The summed E-state index contributed by atoms with van der Waals surface area (Å²) in [5.74, 6) is -0.420. The molecule has 3 aromatic carbocycles. The Morgan fingerprint density at radius 2 is 1.61 bits per heavy atom. The number of amides is 1. The molecule has 0 saturated carbocycles. The number of carbonyl (C=O) groups is 1. The summed E-state index contributed by atoms with van der Waals surface area (Å²) in [5, 5.41) is 4.04. The lowest BCUT2D eigenvalue weighted by atomic mass is 9.99. The molecule has 4 aromatic rings. The SMILES string of the molecule is CS(=O)(=O)c1ccc(C(=O)Nc2ccc(Cl)c(-c3ccc[nH]3)c2)c(-c2ccc(Cl)c(Cl)c2)c1. The van der Waals surface area contributed by atoms with Crippen LogP contribution in [0.1, 0.15) is 10.4 Å². The van der Waals surface area contributed by atoms with Gasteiger partial charge in [0.1, 0.15) is 0 Å². The van der Waals surface area contributed by atoms with Crippen molar-refractivity contribution in [3.05, 3.63) is 93.6 Å². The molecule has 9 heteroatoms. The highest BCUT2D eigenvalue weighted by atomic mass is 35.5. The fourth-order valence-electron chi connectivity index (χ4n) is 3.36. The summed E-state index contributed by atoms with van der Waals surface area (Å²) < 4.78 is 24.3. The minimum Gasteiger partial charge on any atom is -0.361 e. The van der Waals surface area contributed by atoms with E-state index in [1.165, 1.54) is 18.2 Å². The van der Waals surface area contributed by atoms with Gasteiger partial charge in [-0.1, -0.05) is 40.9 Å². The molecule has 0 aliphatic carbocycles. The molecule has 1 amide bonds. The van der Waals surface area contributed by atoms with Gasteiger partial charge in [0, 0.05) is 35.0 Å². The Morgan fingerprint density at radius 3 is 2.27 bits per heavy atom. The Bertz CT molecular complexity index is 1470. The van der Waals surface area contributed by atoms with Crippen LogP contribution in [0.5, 0.6) is 0 Å². The third-order valence-electron chi connectivity index (χ3n) is 5.01. The standard InChI is InChI=1S/C24H17Cl3N2O3S/c1-33(31,32)16-6-7-17(18(13-16)14-4-8-21(26)22(27)11-14)24(30)29-15-5-9-20(25)19(12-15)23-3-2-10-28-23/h2-13,28H,1H3,(H,29,30). The van der Waals surface area contributed by atoms with Crippen LogP contribution in [-0.2, 0) is 9.84 Å². The molecule has 1 heterocycles. The van der Waals surface area contributed by atoms with Crippen molar-refractivity contribution in [1.82, 2.24) is 4.98 Å². The van der Waals surface area contributed by atoms with Crippen molar-refractivity contribution in [3.8, 4) is 22.4 Å². The lowest BCUT2D eigenvalue weighted by Crippen LogP contribution is -2.14. The first kappa shape index (κ1) is 23.4. The smallest absolute Gasteiger partial charge is 0.256 e. The number of carbonyl (C=O) groups excluding carboxylic acids is 1. The summed E-state index contributed by atoms with van der Waals surface area (Å²) in [7, 11) is -3.50. The molecule has 0 aliphatic heterocycles. The Hall–Kier alpha value is -2.77. The Labute approximate surface area is 206 Å². The second kappa shape index (κ2) is 9.23. The summed E-state index contributed by atoms with van der Waals surface area (Å²) >= 11 is 18.5. The molecule has 168 valence electrons. The van der Waals surface area contributed by atoms with Crippen molar-refractivity contribution in [2.45, 2.75) is 4.90 Å². The maximum atomic E-state index is 13.2. The summed E-state index contributed by atoms with van der Waals surface area (Å²) in [4.78, 5) is 16.4. The van der Waals surface area contributed by atoms with Gasteiger partial charge in [0.05, 0.1) is 20.0 Å². The first-order valence-corrected chi connectivity index (χ1v) is 12.7. The molecule has 1 aromatic heterocycles. The number of rotatable bonds is 5. The quantitative estimate of drug-likeness (QED) is 0.299. The van der Waals surface area contributed by atoms with Gasteiger partial charge in [0.15, 0.2) is 9.84 Å². The monoisotopic (exact) mass is 518 g/mol. The van der Waals surface area contributed by atoms with Gasteiger partial charge in [0.2, 0.25) is 0 Å². The number of H-pyrrole nitrogens is 1. The molecular weight excluding hydrogens is 503 g/mol. The zero-order valence-electron chi connectivity index (χ0n) is 17.2. The number of nitrogens with one attached hydrogen (secondary N) is 2. The van der Waals surface area contributed by atoms with Crippen LogP contribution in [0, 0.1) is 0 Å². The first-order valence-electron chi connectivity index (χ1n) is 9.67. The topological polar surface area (TPSA) is 79.0 Å². The summed E-state index contributed by atoms with van der Waals surface area (Å²) in [6, 6.07) is 18.1. The molecule has 2 N–H and O–H groups in total. The van der Waals surface area contributed by atoms with Crippen LogP contribution in [0.25, 0.3) is 22.4 Å². The van der Waals surface area contributed by atoms with Gasteiger partial charge in [-0.3, -0.25) is 4.79 Å². The van der Waals surface area contributed by atoms with Gasteiger partial charge in [0.25, 0.3) is 5.91 Å². The number of hydrogen-bond donors (Lipinski definition) is 2. The molecule has 0 unspecified atom stereocenters. The van der Waals surface area contributed by atoms with E-state index in [-0.39, 0.29) is 10.5 Å². The van der Waals surface area contributed by atoms with E-state index in [2.05, 4.69) is 10.3 Å². The first-order chi connectivity index (χ1) is 15.6. The third kappa shape index (κ3) is 5.09. The number of anilines is 1. The number of aromatic amines is 1. The highest BCUT2D eigenvalue weighted by Crippen LogP contribution is 2.33. The lowest BCUT2D eigenvalue weighted by Gasteiger charge is -2.14. The fraction of sp³-hybridized carbons (Fsp3) is 0.0417. The van der Waals surface area contributed by atoms with Crippen LogP contribution in [0.3, 0.4) is 0 Å².